The summed E-state index contributed by atoms with van der Waals surface area (Å²) in [6.07, 6.45) is 3.22. The van der Waals surface area contributed by atoms with Crippen LogP contribution in [0.2, 0.25) is 0 Å². The van der Waals surface area contributed by atoms with Gasteiger partial charge in [0.1, 0.15) is 17.2 Å². The molecular formula is C19H21N3O2. The van der Waals surface area contributed by atoms with Gasteiger partial charge in [-0.25, -0.2) is 0 Å². The molecule has 5 heteroatoms. The summed E-state index contributed by atoms with van der Waals surface area (Å²) in [5.41, 5.74) is 1.33. The molecule has 124 valence electrons. The van der Waals surface area contributed by atoms with Gasteiger partial charge in [0, 0.05) is 18.2 Å². The van der Waals surface area contributed by atoms with Gasteiger partial charge < -0.3 is 15.1 Å². The SMILES string of the molecule is Cc1ccc(CN2[C@H]3CC[C@H]2[C@]2(C3)NC(=O)c3ccccc3N2)o1. The van der Waals surface area contributed by atoms with Crippen LogP contribution >= 0.6 is 0 Å². The molecule has 24 heavy (non-hydrogen) atoms. The second-order valence-electron chi connectivity index (χ2n) is 7.23. The van der Waals surface area contributed by atoms with E-state index in [0.29, 0.717) is 12.1 Å². The molecule has 0 aliphatic carbocycles. The highest BCUT2D eigenvalue weighted by Crippen LogP contribution is 2.47. The number of benzene rings is 1. The van der Waals surface area contributed by atoms with Crippen LogP contribution in [0.4, 0.5) is 5.69 Å². The predicted molar refractivity (Wildman–Crippen MR) is 90.7 cm³/mol. The third kappa shape index (κ3) is 1.94. The van der Waals surface area contributed by atoms with E-state index in [1.165, 1.54) is 6.42 Å². The Labute approximate surface area is 141 Å². The van der Waals surface area contributed by atoms with Crippen molar-refractivity contribution in [1.82, 2.24) is 10.2 Å². The molecule has 2 bridgehead atoms. The van der Waals surface area contributed by atoms with Crippen molar-refractivity contribution in [3.05, 3.63) is 53.5 Å². The Kier molecular flexibility index (Phi) is 2.86. The Hall–Kier alpha value is -2.27. The number of anilines is 1. The molecule has 2 saturated heterocycles. The summed E-state index contributed by atoms with van der Waals surface area (Å²) in [4.78, 5) is 15.1. The van der Waals surface area contributed by atoms with Gasteiger partial charge in [-0.3, -0.25) is 9.69 Å². The van der Waals surface area contributed by atoms with Crippen LogP contribution in [0.1, 0.15) is 41.1 Å². The van der Waals surface area contributed by atoms with Gasteiger partial charge in [0.2, 0.25) is 0 Å². The average Bonchev–Trinajstić information content (AvgIpc) is 3.22. The van der Waals surface area contributed by atoms with E-state index in [2.05, 4.69) is 21.6 Å². The highest BCUT2D eigenvalue weighted by molar-refractivity contribution is 6.02. The standard InChI is InChI=1S/C19H21N3O2/c1-12-6-8-14(24-12)11-22-13-7-9-17(22)19(10-13)20-16-5-3-2-4-15(16)18(23)21-19/h2-6,8,13,17,20H,7,9-11H2,1H3,(H,21,23)/t13-,17-,19-/m0/s1. The molecule has 1 spiro atoms. The molecule has 1 aromatic heterocycles. The van der Waals surface area contributed by atoms with Gasteiger partial charge in [0.25, 0.3) is 5.91 Å². The normalized spacial score (nSPS) is 31.1. The maximum Gasteiger partial charge on any atom is 0.255 e. The quantitative estimate of drug-likeness (QED) is 0.892. The number of amides is 1. The van der Waals surface area contributed by atoms with Gasteiger partial charge in [-0.05, 0) is 44.0 Å². The minimum Gasteiger partial charge on any atom is -0.465 e. The molecule has 5 nitrogen and oxygen atoms in total. The molecule has 0 radical (unpaired) electrons. The number of aryl methyl sites for hydroxylation is 1. The second-order valence-corrected chi connectivity index (χ2v) is 7.23. The smallest absolute Gasteiger partial charge is 0.255 e. The van der Waals surface area contributed by atoms with E-state index in [4.69, 9.17) is 4.42 Å². The topological polar surface area (TPSA) is 57.5 Å². The highest BCUT2D eigenvalue weighted by Gasteiger charge is 2.58. The van der Waals surface area contributed by atoms with Crippen LogP contribution in [0.25, 0.3) is 0 Å². The van der Waals surface area contributed by atoms with Crippen LogP contribution in [-0.4, -0.2) is 28.6 Å². The molecule has 1 amide bonds. The number of hydrogen-bond donors (Lipinski definition) is 2. The summed E-state index contributed by atoms with van der Waals surface area (Å²) in [5.74, 6) is 1.99. The lowest BCUT2D eigenvalue weighted by atomic mass is 9.86. The van der Waals surface area contributed by atoms with Crippen LogP contribution < -0.4 is 10.6 Å². The number of carbonyl (C=O) groups is 1. The predicted octanol–water partition coefficient (Wildman–Crippen LogP) is 2.88. The monoisotopic (exact) mass is 323 g/mol. The largest absolute Gasteiger partial charge is 0.465 e. The first kappa shape index (κ1) is 14.1. The second kappa shape index (κ2) is 4.86. The van der Waals surface area contributed by atoms with Crippen LogP contribution in [0.15, 0.2) is 40.8 Å². The molecular weight excluding hydrogens is 302 g/mol. The van der Waals surface area contributed by atoms with Gasteiger partial charge in [-0.2, -0.15) is 0 Å². The number of nitrogens with zero attached hydrogens (tertiary/aromatic N) is 1. The maximum atomic E-state index is 12.6. The Bertz CT molecular complexity index is 814. The fourth-order valence-corrected chi connectivity index (χ4v) is 4.78. The van der Waals surface area contributed by atoms with Gasteiger partial charge in [-0.15, -0.1) is 0 Å². The van der Waals surface area contributed by atoms with Gasteiger partial charge in [0.15, 0.2) is 0 Å². The van der Waals surface area contributed by atoms with E-state index in [-0.39, 0.29) is 11.6 Å². The zero-order valence-corrected chi connectivity index (χ0v) is 13.7. The van der Waals surface area contributed by atoms with Crippen LogP contribution in [-0.2, 0) is 6.54 Å². The number of furan rings is 1. The molecule has 3 aliphatic rings. The molecule has 2 N–H and O–H groups in total. The first-order valence-corrected chi connectivity index (χ1v) is 8.65. The third-order valence-corrected chi connectivity index (χ3v) is 5.77. The molecule has 1 aromatic carbocycles. The fourth-order valence-electron chi connectivity index (χ4n) is 4.78. The van der Waals surface area contributed by atoms with Crippen molar-refractivity contribution in [2.24, 2.45) is 0 Å². The van der Waals surface area contributed by atoms with Crippen LogP contribution in [0, 0.1) is 6.92 Å². The summed E-state index contributed by atoms with van der Waals surface area (Å²) in [7, 11) is 0. The highest BCUT2D eigenvalue weighted by atomic mass is 16.3. The van der Waals surface area contributed by atoms with E-state index < -0.39 is 0 Å². The Morgan fingerprint density at radius 1 is 1.21 bits per heavy atom. The van der Waals surface area contributed by atoms with E-state index in [0.717, 1.165) is 42.2 Å². The van der Waals surface area contributed by atoms with Crippen molar-refractivity contribution >= 4 is 11.6 Å². The van der Waals surface area contributed by atoms with Crippen molar-refractivity contribution in [2.45, 2.75) is 50.5 Å². The van der Waals surface area contributed by atoms with Gasteiger partial charge in [-0.1, -0.05) is 12.1 Å². The zero-order chi connectivity index (χ0) is 16.3. The molecule has 3 atom stereocenters. The lowest BCUT2D eigenvalue weighted by molar-refractivity contribution is 0.0868. The zero-order valence-electron chi connectivity index (χ0n) is 13.7. The number of hydrogen-bond acceptors (Lipinski definition) is 4. The third-order valence-electron chi connectivity index (χ3n) is 5.77. The molecule has 5 rings (SSSR count). The van der Waals surface area contributed by atoms with Crippen LogP contribution in [0.5, 0.6) is 0 Å². The number of para-hydroxylation sites is 1. The Balaban J connectivity index is 1.46. The number of nitrogens with one attached hydrogen (secondary N) is 2. The Morgan fingerprint density at radius 3 is 2.92 bits per heavy atom. The van der Waals surface area contributed by atoms with E-state index in [1.54, 1.807) is 0 Å². The van der Waals surface area contributed by atoms with Crippen molar-refractivity contribution in [3.63, 3.8) is 0 Å². The summed E-state index contributed by atoms with van der Waals surface area (Å²) in [6, 6.07) is 12.6. The summed E-state index contributed by atoms with van der Waals surface area (Å²) >= 11 is 0. The van der Waals surface area contributed by atoms with E-state index >= 15 is 0 Å². The van der Waals surface area contributed by atoms with E-state index in [1.807, 2.05) is 37.3 Å². The maximum absolute atomic E-state index is 12.6. The summed E-state index contributed by atoms with van der Waals surface area (Å²) in [5, 5.41) is 6.93. The molecule has 3 aliphatic heterocycles. The number of fused-ring (bicyclic) bond motifs is 4. The molecule has 2 aromatic rings. The van der Waals surface area contributed by atoms with Crippen LogP contribution in [0.3, 0.4) is 0 Å². The first-order valence-electron chi connectivity index (χ1n) is 8.65. The average molecular weight is 323 g/mol. The van der Waals surface area contributed by atoms with Gasteiger partial charge >= 0.3 is 0 Å². The van der Waals surface area contributed by atoms with Crippen molar-refractivity contribution in [2.75, 3.05) is 5.32 Å². The summed E-state index contributed by atoms with van der Waals surface area (Å²) < 4.78 is 5.77. The number of carbonyl (C=O) groups excluding carboxylic acids is 1. The fraction of sp³-hybridized carbons (Fsp3) is 0.421. The minimum atomic E-state index is -0.351. The first-order chi connectivity index (χ1) is 11.6. The molecule has 0 unspecified atom stereocenters. The lowest BCUT2D eigenvalue weighted by Gasteiger charge is -2.43. The Morgan fingerprint density at radius 2 is 2.08 bits per heavy atom. The van der Waals surface area contributed by atoms with Gasteiger partial charge in [0.05, 0.1) is 18.2 Å². The summed E-state index contributed by atoms with van der Waals surface area (Å²) in [6.45, 7) is 2.79. The van der Waals surface area contributed by atoms with Crippen molar-refractivity contribution in [1.29, 1.82) is 0 Å². The molecule has 2 fully saturated rings. The minimum absolute atomic E-state index is 0.0330. The van der Waals surface area contributed by atoms with Crippen molar-refractivity contribution < 1.29 is 9.21 Å². The molecule has 0 saturated carbocycles. The van der Waals surface area contributed by atoms with Crippen molar-refractivity contribution in [3.8, 4) is 0 Å². The van der Waals surface area contributed by atoms with E-state index in [9.17, 15) is 4.79 Å². The molecule has 4 heterocycles. The number of rotatable bonds is 2. The lowest BCUT2D eigenvalue weighted by Crippen LogP contribution is -2.64.